The van der Waals surface area contributed by atoms with Crippen molar-refractivity contribution in [2.75, 3.05) is 29.0 Å². The summed E-state index contributed by atoms with van der Waals surface area (Å²) in [5, 5.41) is 7.43. The topological polar surface area (TPSA) is 156 Å². The van der Waals surface area contributed by atoms with Gasteiger partial charge >= 0.3 is 0 Å². The smallest absolute Gasteiger partial charge is 0.270 e. The van der Waals surface area contributed by atoms with E-state index in [1.807, 2.05) is 35.4 Å². The molecule has 0 radical (unpaired) electrons. The molecule has 12 heteroatoms. The molecule has 1 unspecified atom stereocenters. The summed E-state index contributed by atoms with van der Waals surface area (Å²) in [6.45, 7) is 5.23. The number of amides is 4. The SMILES string of the molecule is CC(C)C(=O)N1CCC(c2cc(-c3ccc(NC(=O)/C4=C/CCC(C5CC5)CC(=O)N(c5cccnc5)C4=O)cc3)c3c(N)ncnn23)CC1. The second-order valence-corrected chi connectivity index (χ2v) is 13.9. The summed E-state index contributed by atoms with van der Waals surface area (Å²) in [5.74, 6) is -0.204. The number of likely N-dealkylation sites (tertiary alicyclic amines) is 1. The van der Waals surface area contributed by atoms with Gasteiger partial charge in [-0.3, -0.25) is 24.2 Å². The second-order valence-electron chi connectivity index (χ2n) is 13.9. The van der Waals surface area contributed by atoms with E-state index in [-0.39, 0.29) is 41.6 Å². The van der Waals surface area contributed by atoms with Crippen LogP contribution in [0.2, 0.25) is 0 Å². The summed E-state index contributed by atoms with van der Waals surface area (Å²) in [7, 11) is 0. The van der Waals surface area contributed by atoms with E-state index in [2.05, 4.69) is 26.4 Å². The number of hydrogen-bond acceptors (Lipinski definition) is 8. The van der Waals surface area contributed by atoms with Gasteiger partial charge in [0.25, 0.3) is 11.8 Å². The molecule has 4 aromatic rings. The summed E-state index contributed by atoms with van der Waals surface area (Å²) < 4.78 is 1.86. The van der Waals surface area contributed by atoms with Crippen LogP contribution in [0.25, 0.3) is 16.6 Å². The minimum absolute atomic E-state index is 0.0310. The molecule has 1 saturated carbocycles. The van der Waals surface area contributed by atoms with Crippen LogP contribution in [0.4, 0.5) is 17.2 Å². The van der Waals surface area contributed by atoms with Crippen LogP contribution in [-0.2, 0) is 19.2 Å². The molecule has 1 saturated heterocycles. The van der Waals surface area contributed by atoms with E-state index < -0.39 is 11.8 Å². The number of nitrogen functional groups attached to an aromatic ring is 1. The number of aromatic nitrogens is 4. The molecule has 1 atom stereocenters. The Morgan fingerprint density at radius 3 is 2.42 bits per heavy atom. The summed E-state index contributed by atoms with van der Waals surface area (Å²) in [5.41, 5.74) is 10.6. The molecule has 0 bridgehead atoms. The van der Waals surface area contributed by atoms with Gasteiger partial charge in [-0.25, -0.2) is 14.4 Å². The Bertz CT molecular complexity index is 1960. The number of rotatable bonds is 7. The third kappa shape index (κ3) is 6.61. The number of nitrogens with one attached hydrogen (secondary N) is 1. The van der Waals surface area contributed by atoms with Gasteiger partial charge in [0, 0.05) is 54.5 Å². The van der Waals surface area contributed by atoms with Gasteiger partial charge in [-0.05, 0) is 86.3 Å². The van der Waals surface area contributed by atoms with Crippen LogP contribution in [0.5, 0.6) is 0 Å². The van der Waals surface area contributed by atoms with E-state index in [0.29, 0.717) is 48.1 Å². The molecule has 2 fully saturated rings. The maximum absolute atomic E-state index is 13.9. The van der Waals surface area contributed by atoms with Crippen molar-refractivity contribution >= 4 is 46.3 Å². The second kappa shape index (κ2) is 13.9. The van der Waals surface area contributed by atoms with Crippen molar-refractivity contribution in [1.82, 2.24) is 24.5 Å². The number of hydrogen-bond donors (Lipinski definition) is 2. The van der Waals surface area contributed by atoms with Gasteiger partial charge in [-0.1, -0.05) is 32.1 Å². The molecule has 1 aliphatic carbocycles. The highest BCUT2D eigenvalue weighted by atomic mass is 16.2. The van der Waals surface area contributed by atoms with Gasteiger partial charge in [0.05, 0.1) is 11.9 Å². The Morgan fingerprint density at radius 1 is 0.980 bits per heavy atom. The van der Waals surface area contributed by atoms with Crippen LogP contribution >= 0.6 is 0 Å². The number of imide groups is 1. The van der Waals surface area contributed by atoms with E-state index in [4.69, 9.17) is 5.73 Å². The number of anilines is 3. The lowest BCUT2D eigenvalue weighted by Crippen LogP contribution is -2.41. The molecule has 5 heterocycles. The molecule has 3 aliphatic rings. The minimum atomic E-state index is -0.656. The zero-order valence-electron chi connectivity index (χ0n) is 28.4. The van der Waals surface area contributed by atoms with Crippen molar-refractivity contribution in [3.05, 3.63) is 78.5 Å². The molecular formula is C38H42N8O4. The van der Waals surface area contributed by atoms with Crippen LogP contribution < -0.4 is 16.0 Å². The van der Waals surface area contributed by atoms with E-state index >= 15 is 0 Å². The van der Waals surface area contributed by atoms with E-state index in [1.54, 1.807) is 36.5 Å². The number of pyridine rings is 1. The van der Waals surface area contributed by atoms with Gasteiger partial charge in [0.15, 0.2) is 5.82 Å². The number of nitrogens with zero attached hydrogens (tertiary/aromatic N) is 6. The molecule has 3 aromatic heterocycles. The first kappa shape index (κ1) is 33.1. The van der Waals surface area contributed by atoms with Crippen molar-refractivity contribution < 1.29 is 19.2 Å². The Hall–Kier alpha value is -5.39. The Labute approximate surface area is 290 Å². The molecule has 12 nitrogen and oxygen atoms in total. The number of fused-ring (bicyclic) bond motifs is 1. The molecule has 3 N–H and O–H groups in total. The summed E-state index contributed by atoms with van der Waals surface area (Å²) in [4.78, 5) is 65.1. The average molecular weight is 675 g/mol. The number of carbonyl (C=O) groups is 4. The molecule has 4 amide bonds. The largest absolute Gasteiger partial charge is 0.382 e. The number of carbonyl (C=O) groups excluding carboxylic acids is 4. The Morgan fingerprint density at radius 2 is 1.74 bits per heavy atom. The van der Waals surface area contributed by atoms with Crippen LogP contribution in [0.1, 0.15) is 70.4 Å². The number of piperidine rings is 1. The van der Waals surface area contributed by atoms with Crippen molar-refractivity contribution in [3.8, 4) is 11.1 Å². The fraction of sp³-hybridized carbons (Fsp3) is 0.395. The standard InChI is InChI=1S/C38H42N8O4/c1-23(2)37(49)44-17-14-26(15-18-44)32-20-31(34-35(39)41-22-42-46(32)34)25-10-12-28(13-11-25)43-36(48)30-7-3-5-27(24-8-9-24)19-33(47)45(38(30)50)29-6-4-16-40-21-29/h4,6-7,10-13,16,20-24,26-27H,3,5,8-9,14-15,17-19H2,1-2H3,(H,43,48)(H2,39,41,42)/b30-7-. The van der Waals surface area contributed by atoms with Crippen LogP contribution in [0, 0.1) is 17.8 Å². The number of benzene rings is 1. The zero-order chi connectivity index (χ0) is 34.9. The molecule has 50 heavy (non-hydrogen) atoms. The Balaban J connectivity index is 1.12. The minimum Gasteiger partial charge on any atom is -0.382 e. The molecule has 258 valence electrons. The van der Waals surface area contributed by atoms with Crippen LogP contribution in [0.3, 0.4) is 0 Å². The molecular weight excluding hydrogens is 632 g/mol. The van der Waals surface area contributed by atoms with Crippen molar-refractivity contribution in [2.24, 2.45) is 17.8 Å². The molecule has 0 spiro atoms. The quantitative estimate of drug-likeness (QED) is 0.196. The first-order valence-electron chi connectivity index (χ1n) is 17.5. The maximum Gasteiger partial charge on any atom is 0.270 e. The number of nitrogens with two attached hydrogens (primary N) is 1. The van der Waals surface area contributed by atoms with Gasteiger partial charge < -0.3 is 16.0 Å². The van der Waals surface area contributed by atoms with Crippen LogP contribution in [-0.4, -0.2) is 61.2 Å². The van der Waals surface area contributed by atoms with E-state index in [1.165, 1.54) is 12.5 Å². The first-order valence-corrected chi connectivity index (χ1v) is 17.5. The predicted molar refractivity (Wildman–Crippen MR) is 190 cm³/mol. The zero-order valence-corrected chi connectivity index (χ0v) is 28.4. The van der Waals surface area contributed by atoms with E-state index in [0.717, 1.165) is 53.8 Å². The van der Waals surface area contributed by atoms with Gasteiger partial charge in [0.1, 0.15) is 17.4 Å². The fourth-order valence-electron chi connectivity index (χ4n) is 7.38. The maximum atomic E-state index is 13.9. The lowest BCUT2D eigenvalue weighted by molar-refractivity contribution is -0.135. The molecule has 1 aromatic carbocycles. The van der Waals surface area contributed by atoms with E-state index in [9.17, 15) is 19.2 Å². The van der Waals surface area contributed by atoms with Gasteiger partial charge in [-0.2, -0.15) is 5.10 Å². The third-order valence-corrected chi connectivity index (χ3v) is 10.2. The number of allylic oxidation sites excluding steroid dienone is 1. The first-order chi connectivity index (χ1) is 24.2. The van der Waals surface area contributed by atoms with Crippen molar-refractivity contribution in [2.45, 2.75) is 64.7 Å². The highest BCUT2D eigenvalue weighted by Gasteiger charge is 2.37. The normalized spacial score (nSPS) is 20.3. The lowest BCUT2D eigenvalue weighted by Gasteiger charge is -2.33. The predicted octanol–water partition coefficient (Wildman–Crippen LogP) is 5.37. The summed E-state index contributed by atoms with van der Waals surface area (Å²) >= 11 is 0. The van der Waals surface area contributed by atoms with Crippen molar-refractivity contribution in [3.63, 3.8) is 0 Å². The third-order valence-electron chi connectivity index (χ3n) is 10.2. The monoisotopic (exact) mass is 674 g/mol. The molecule has 7 rings (SSSR count). The summed E-state index contributed by atoms with van der Waals surface area (Å²) in [6.07, 6.45) is 11.5. The average Bonchev–Trinajstić information content (AvgIpc) is 3.89. The van der Waals surface area contributed by atoms with Crippen LogP contribution in [0.15, 0.2) is 72.8 Å². The Kier molecular flexibility index (Phi) is 9.18. The highest BCUT2D eigenvalue weighted by molar-refractivity contribution is 6.32. The highest BCUT2D eigenvalue weighted by Crippen LogP contribution is 2.42. The lowest BCUT2D eigenvalue weighted by atomic mass is 9.92. The fourth-order valence-corrected chi connectivity index (χ4v) is 7.38. The summed E-state index contributed by atoms with van der Waals surface area (Å²) in [6, 6.07) is 12.7. The molecule has 2 aliphatic heterocycles. The van der Waals surface area contributed by atoms with Gasteiger partial charge in [0.2, 0.25) is 11.8 Å². The van der Waals surface area contributed by atoms with Gasteiger partial charge in [-0.15, -0.1) is 0 Å². The van der Waals surface area contributed by atoms with Crippen molar-refractivity contribution in [1.29, 1.82) is 0 Å².